The smallest absolute Gasteiger partial charge is 0.140 e. The molecule has 0 aromatic carbocycles. The summed E-state index contributed by atoms with van der Waals surface area (Å²) in [4.78, 5) is 15.7. The molecule has 1 rings (SSSR count). The molecule has 0 saturated carbocycles. The second-order valence-corrected chi connectivity index (χ2v) is 4.21. The van der Waals surface area contributed by atoms with Crippen LogP contribution in [0, 0.1) is 5.92 Å². The van der Waals surface area contributed by atoms with Gasteiger partial charge in [0.1, 0.15) is 17.9 Å². The fraction of sp³-hybridized carbons (Fsp3) is 0.727. The van der Waals surface area contributed by atoms with Crippen LogP contribution in [-0.4, -0.2) is 20.5 Å². The number of ketones is 1. The number of carbonyl (C=O) groups is 1. The summed E-state index contributed by atoms with van der Waals surface area (Å²) >= 11 is 0. The van der Waals surface area contributed by atoms with E-state index in [1.165, 1.54) is 6.33 Å². The fourth-order valence-electron chi connectivity index (χ4n) is 1.53. The van der Waals surface area contributed by atoms with Crippen molar-refractivity contribution in [2.24, 2.45) is 5.92 Å². The lowest BCUT2D eigenvalue weighted by molar-refractivity contribution is -0.119. The Morgan fingerprint density at radius 3 is 2.87 bits per heavy atom. The standard InChI is InChI=1S/C11H19N3O/c1-4-5-14-11(12-8-13-14)7-10(15)6-9(2)3/h8-9H,4-7H2,1-3H3. The van der Waals surface area contributed by atoms with Crippen LogP contribution >= 0.6 is 0 Å². The second kappa shape index (κ2) is 5.63. The molecule has 0 amide bonds. The summed E-state index contributed by atoms with van der Waals surface area (Å²) < 4.78 is 1.82. The van der Waals surface area contributed by atoms with Crippen LogP contribution in [0.3, 0.4) is 0 Å². The summed E-state index contributed by atoms with van der Waals surface area (Å²) in [6.07, 6.45) is 3.57. The van der Waals surface area contributed by atoms with Gasteiger partial charge in [0.15, 0.2) is 0 Å². The van der Waals surface area contributed by atoms with Crippen LogP contribution in [0.1, 0.15) is 39.4 Å². The average Bonchev–Trinajstić information content (AvgIpc) is 2.52. The molecule has 84 valence electrons. The first-order chi connectivity index (χ1) is 7.13. The first-order valence-corrected chi connectivity index (χ1v) is 5.51. The zero-order valence-corrected chi connectivity index (χ0v) is 9.73. The van der Waals surface area contributed by atoms with Crippen LogP contribution in [0.2, 0.25) is 0 Å². The average molecular weight is 209 g/mol. The molecule has 0 aliphatic carbocycles. The van der Waals surface area contributed by atoms with E-state index in [2.05, 4.69) is 30.9 Å². The summed E-state index contributed by atoms with van der Waals surface area (Å²) in [6.45, 7) is 7.02. The molecular formula is C11H19N3O. The number of hydrogen-bond donors (Lipinski definition) is 0. The second-order valence-electron chi connectivity index (χ2n) is 4.21. The van der Waals surface area contributed by atoms with Gasteiger partial charge in [-0.1, -0.05) is 20.8 Å². The van der Waals surface area contributed by atoms with E-state index >= 15 is 0 Å². The molecule has 0 fully saturated rings. The Hall–Kier alpha value is -1.19. The largest absolute Gasteiger partial charge is 0.299 e. The first-order valence-electron chi connectivity index (χ1n) is 5.51. The number of Topliss-reactive ketones (excluding diaryl/α,β-unsaturated/α-hetero) is 1. The lowest BCUT2D eigenvalue weighted by Gasteiger charge is -2.05. The monoisotopic (exact) mass is 209 g/mol. The van der Waals surface area contributed by atoms with Gasteiger partial charge in [0.25, 0.3) is 0 Å². The SMILES string of the molecule is CCCn1ncnc1CC(=O)CC(C)C. The minimum absolute atomic E-state index is 0.246. The molecule has 0 aliphatic heterocycles. The van der Waals surface area contributed by atoms with Gasteiger partial charge in [0, 0.05) is 13.0 Å². The van der Waals surface area contributed by atoms with Gasteiger partial charge in [-0.05, 0) is 12.3 Å². The van der Waals surface area contributed by atoms with E-state index in [4.69, 9.17) is 0 Å². The predicted octanol–water partition coefficient (Wildman–Crippen LogP) is 1.85. The molecule has 0 saturated heterocycles. The summed E-state index contributed by atoms with van der Waals surface area (Å²) in [5.41, 5.74) is 0. The number of aryl methyl sites for hydroxylation is 1. The van der Waals surface area contributed by atoms with Gasteiger partial charge < -0.3 is 0 Å². The van der Waals surface area contributed by atoms with Crippen LogP contribution in [0.15, 0.2) is 6.33 Å². The predicted molar refractivity (Wildman–Crippen MR) is 58.5 cm³/mol. The molecule has 0 spiro atoms. The van der Waals surface area contributed by atoms with E-state index < -0.39 is 0 Å². The molecule has 4 nitrogen and oxygen atoms in total. The van der Waals surface area contributed by atoms with Gasteiger partial charge in [-0.15, -0.1) is 0 Å². The van der Waals surface area contributed by atoms with Crippen molar-refractivity contribution < 1.29 is 4.79 Å². The Morgan fingerprint density at radius 2 is 2.27 bits per heavy atom. The van der Waals surface area contributed by atoms with Crippen molar-refractivity contribution in [3.05, 3.63) is 12.2 Å². The Kier molecular flexibility index (Phi) is 4.46. The van der Waals surface area contributed by atoms with Gasteiger partial charge in [-0.2, -0.15) is 5.10 Å². The van der Waals surface area contributed by atoms with Crippen LogP contribution < -0.4 is 0 Å². The highest BCUT2D eigenvalue weighted by Gasteiger charge is 2.10. The zero-order valence-electron chi connectivity index (χ0n) is 9.73. The van der Waals surface area contributed by atoms with Crippen molar-refractivity contribution in [3.63, 3.8) is 0 Å². The molecule has 0 atom stereocenters. The van der Waals surface area contributed by atoms with Gasteiger partial charge in [0.2, 0.25) is 0 Å². The van der Waals surface area contributed by atoms with Crippen molar-refractivity contribution >= 4 is 5.78 Å². The molecule has 0 aliphatic rings. The van der Waals surface area contributed by atoms with Crippen LogP contribution in [0.5, 0.6) is 0 Å². The van der Waals surface area contributed by atoms with E-state index in [0.29, 0.717) is 18.8 Å². The van der Waals surface area contributed by atoms with E-state index in [-0.39, 0.29) is 5.78 Å². The highest BCUT2D eigenvalue weighted by atomic mass is 16.1. The van der Waals surface area contributed by atoms with Crippen LogP contribution in [-0.2, 0) is 17.8 Å². The van der Waals surface area contributed by atoms with Crippen molar-refractivity contribution in [2.75, 3.05) is 0 Å². The molecule has 0 radical (unpaired) electrons. The summed E-state index contributed by atoms with van der Waals surface area (Å²) in [6, 6.07) is 0. The normalized spacial score (nSPS) is 10.9. The molecular weight excluding hydrogens is 190 g/mol. The minimum Gasteiger partial charge on any atom is -0.299 e. The Labute approximate surface area is 90.7 Å². The molecule has 1 aromatic heterocycles. The number of aromatic nitrogens is 3. The third-order valence-corrected chi connectivity index (χ3v) is 2.12. The van der Waals surface area contributed by atoms with E-state index in [1.54, 1.807) is 0 Å². The van der Waals surface area contributed by atoms with Crippen molar-refractivity contribution in [2.45, 2.75) is 46.6 Å². The maximum absolute atomic E-state index is 11.6. The van der Waals surface area contributed by atoms with E-state index in [0.717, 1.165) is 18.8 Å². The van der Waals surface area contributed by atoms with Gasteiger partial charge >= 0.3 is 0 Å². The first kappa shape index (κ1) is 11.9. The van der Waals surface area contributed by atoms with Gasteiger partial charge in [-0.3, -0.25) is 4.79 Å². The van der Waals surface area contributed by atoms with Gasteiger partial charge in [0.05, 0.1) is 6.42 Å². The lowest BCUT2D eigenvalue weighted by Crippen LogP contribution is -2.12. The highest BCUT2D eigenvalue weighted by molar-refractivity contribution is 5.80. The quantitative estimate of drug-likeness (QED) is 0.718. The third-order valence-electron chi connectivity index (χ3n) is 2.12. The molecule has 1 aromatic rings. The van der Waals surface area contributed by atoms with E-state index in [9.17, 15) is 4.79 Å². The number of carbonyl (C=O) groups excluding carboxylic acids is 1. The minimum atomic E-state index is 0.246. The number of nitrogens with zero attached hydrogens (tertiary/aromatic N) is 3. The maximum Gasteiger partial charge on any atom is 0.140 e. The van der Waals surface area contributed by atoms with Gasteiger partial charge in [-0.25, -0.2) is 9.67 Å². The number of rotatable bonds is 6. The van der Waals surface area contributed by atoms with Crippen molar-refractivity contribution in [3.8, 4) is 0 Å². The zero-order chi connectivity index (χ0) is 11.3. The summed E-state index contributed by atoms with van der Waals surface area (Å²) in [7, 11) is 0. The summed E-state index contributed by atoms with van der Waals surface area (Å²) in [5, 5.41) is 4.09. The third kappa shape index (κ3) is 3.81. The lowest BCUT2D eigenvalue weighted by atomic mass is 10.1. The van der Waals surface area contributed by atoms with Crippen molar-refractivity contribution in [1.82, 2.24) is 14.8 Å². The molecule has 15 heavy (non-hydrogen) atoms. The fourth-order valence-corrected chi connectivity index (χ4v) is 1.53. The van der Waals surface area contributed by atoms with Crippen LogP contribution in [0.25, 0.3) is 0 Å². The highest BCUT2D eigenvalue weighted by Crippen LogP contribution is 2.05. The Bertz CT molecular complexity index is 317. The Morgan fingerprint density at radius 1 is 1.53 bits per heavy atom. The molecule has 0 unspecified atom stereocenters. The van der Waals surface area contributed by atoms with E-state index in [1.807, 2.05) is 4.68 Å². The molecule has 0 N–H and O–H groups in total. The van der Waals surface area contributed by atoms with Crippen molar-refractivity contribution in [1.29, 1.82) is 0 Å². The summed E-state index contributed by atoms with van der Waals surface area (Å²) in [5.74, 6) is 1.46. The molecule has 0 bridgehead atoms. The topological polar surface area (TPSA) is 47.8 Å². The van der Waals surface area contributed by atoms with Crippen LogP contribution in [0.4, 0.5) is 0 Å². The molecule has 1 heterocycles. The number of hydrogen-bond acceptors (Lipinski definition) is 3. The maximum atomic E-state index is 11.6. The molecule has 4 heteroatoms. The Balaban J connectivity index is 2.55.